The number of benzene rings is 2. The highest BCUT2D eigenvalue weighted by Crippen LogP contribution is 2.47. The van der Waals surface area contributed by atoms with Crippen LogP contribution in [-0.2, 0) is 4.79 Å². The number of rotatable bonds is 6. The molecule has 2 atom stereocenters. The maximum absolute atomic E-state index is 12.4. The number of hydrazone groups is 1. The molecule has 1 aliphatic rings. The van der Waals surface area contributed by atoms with Crippen LogP contribution in [0.1, 0.15) is 51.2 Å². The van der Waals surface area contributed by atoms with Gasteiger partial charge in [-0.3, -0.25) is 9.59 Å². The molecule has 1 heterocycles. The van der Waals surface area contributed by atoms with E-state index < -0.39 is 0 Å². The fraction of sp³-hybridized carbons (Fsp3) is 0.240. The van der Waals surface area contributed by atoms with E-state index in [1.807, 2.05) is 49.6 Å². The Bertz CT molecular complexity index is 1130. The van der Waals surface area contributed by atoms with Crippen molar-refractivity contribution in [2.75, 3.05) is 5.32 Å². The minimum Gasteiger partial charge on any atom is -0.322 e. The van der Waals surface area contributed by atoms with Gasteiger partial charge < -0.3 is 5.32 Å². The fourth-order valence-corrected chi connectivity index (χ4v) is 4.20. The second kappa shape index (κ2) is 8.86. The lowest BCUT2D eigenvalue weighted by Crippen LogP contribution is -2.21. The molecule has 0 radical (unpaired) electrons. The molecule has 1 fully saturated rings. The minimum atomic E-state index is -0.123. The molecule has 1 aliphatic carbocycles. The SMILES string of the molecule is C/C(=N\NC(=O)C1CC1c1ccc(C)cc1)c1ccc(NC(=O)c2csc(C)c2)cc1. The van der Waals surface area contributed by atoms with Crippen LogP contribution in [0.2, 0.25) is 0 Å². The Labute approximate surface area is 186 Å². The summed E-state index contributed by atoms with van der Waals surface area (Å²) >= 11 is 1.55. The van der Waals surface area contributed by atoms with Gasteiger partial charge >= 0.3 is 0 Å². The molecule has 2 unspecified atom stereocenters. The van der Waals surface area contributed by atoms with Crippen LogP contribution in [0.5, 0.6) is 0 Å². The number of aryl methyl sites for hydroxylation is 2. The van der Waals surface area contributed by atoms with Gasteiger partial charge in [0.15, 0.2) is 0 Å². The quantitative estimate of drug-likeness (QED) is 0.413. The Morgan fingerprint density at radius 2 is 1.71 bits per heavy atom. The first-order valence-corrected chi connectivity index (χ1v) is 11.2. The first-order valence-electron chi connectivity index (χ1n) is 10.3. The van der Waals surface area contributed by atoms with Crippen molar-refractivity contribution in [3.05, 3.63) is 87.1 Å². The van der Waals surface area contributed by atoms with Crippen molar-refractivity contribution in [1.82, 2.24) is 5.43 Å². The van der Waals surface area contributed by atoms with Gasteiger partial charge in [-0.25, -0.2) is 5.43 Å². The lowest BCUT2D eigenvalue weighted by Gasteiger charge is -2.06. The predicted octanol–water partition coefficient (Wildman–Crippen LogP) is 5.26. The molecule has 1 aromatic heterocycles. The Kier molecular flexibility index (Phi) is 6.00. The number of amides is 2. The molecule has 2 amide bonds. The number of hydrogen-bond donors (Lipinski definition) is 2. The number of nitrogens with one attached hydrogen (secondary N) is 2. The summed E-state index contributed by atoms with van der Waals surface area (Å²) in [6, 6.07) is 17.7. The van der Waals surface area contributed by atoms with Crippen LogP contribution in [0.15, 0.2) is 65.1 Å². The van der Waals surface area contributed by atoms with Gasteiger partial charge in [-0.15, -0.1) is 11.3 Å². The number of hydrogen-bond acceptors (Lipinski definition) is 4. The molecule has 0 saturated heterocycles. The summed E-state index contributed by atoms with van der Waals surface area (Å²) in [5.41, 5.74) is 8.11. The highest BCUT2D eigenvalue weighted by molar-refractivity contribution is 7.10. The van der Waals surface area contributed by atoms with Crippen LogP contribution in [0.4, 0.5) is 5.69 Å². The van der Waals surface area contributed by atoms with E-state index in [0.29, 0.717) is 17.0 Å². The lowest BCUT2D eigenvalue weighted by atomic mass is 10.1. The number of carbonyl (C=O) groups excluding carboxylic acids is 2. The van der Waals surface area contributed by atoms with Gasteiger partial charge in [-0.2, -0.15) is 5.10 Å². The molecule has 6 heteroatoms. The summed E-state index contributed by atoms with van der Waals surface area (Å²) in [5.74, 6) is 0.103. The van der Waals surface area contributed by atoms with E-state index in [1.54, 1.807) is 11.3 Å². The maximum Gasteiger partial charge on any atom is 0.256 e. The Morgan fingerprint density at radius 1 is 1.00 bits per heavy atom. The zero-order chi connectivity index (χ0) is 22.0. The van der Waals surface area contributed by atoms with Crippen molar-refractivity contribution in [2.45, 2.75) is 33.1 Å². The number of anilines is 1. The third kappa shape index (κ3) is 5.09. The smallest absolute Gasteiger partial charge is 0.256 e. The van der Waals surface area contributed by atoms with Crippen molar-refractivity contribution < 1.29 is 9.59 Å². The van der Waals surface area contributed by atoms with Gasteiger partial charge in [0.2, 0.25) is 5.91 Å². The molecule has 31 heavy (non-hydrogen) atoms. The normalized spacial score (nSPS) is 17.8. The number of carbonyl (C=O) groups is 2. The van der Waals surface area contributed by atoms with E-state index in [-0.39, 0.29) is 23.7 Å². The zero-order valence-corrected chi connectivity index (χ0v) is 18.6. The predicted molar refractivity (Wildman–Crippen MR) is 126 cm³/mol. The van der Waals surface area contributed by atoms with Crippen LogP contribution in [0.25, 0.3) is 0 Å². The standard InChI is InChI=1S/C25H25N3O2S/c1-15-4-6-19(7-5-15)22-13-23(22)25(30)28-27-17(3)18-8-10-21(11-9-18)26-24(29)20-12-16(2)31-14-20/h4-12,14,22-23H,13H2,1-3H3,(H,26,29)(H,28,30)/b27-17+. The van der Waals surface area contributed by atoms with Crippen LogP contribution < -0.4 is 10.7 Å². The lowest BCUT2D eigenvalue weighted by molar-refractivity contribution is -0.122. The van der Waals surface area contributed by atoms with Crippen molar-refractivity contribution in [2.24, 2.45) is 11.0 Å². The molecule has 0 bridgehead atoms. The van der Waals surface area contributed by atoms with Crippen molar-refractivity contribution in [1.29, 1.82) is 0 Å². The Morgan fingerprint density at radius 3 is 2.35 bits per heavy atom. The molecule has 158 valence electrons. The van der Waals surface area contributed by atoms with E-state index in [9.17, 15) is 9.59 Å². The Hall–Kier alpha value is -3.25. The first kappa shape index (κ1) is 21.0. The van der Waals surface area contributed by atoms with Gasteiger partial charge in [0.05, 0.1) is 11.3 Å². The van der Waals surface area contributed by atoms with Crippen LogP contribution in [-0.4, -0.2) is 17.5 Å². The van der Waals surface area contributed by atoms with Gasteiger partial charge in [-0.05, 0) is 62.4 Å². The second-order valence-corrected chi connectivity index (χ2v) is 9.13. The zero-order valence-electron chi connectivity index (χ0n) is 17.8. The van der Waals surface area contributed by atoms with Crippen molar-refractivity contribution in [3.8, 4) is 0 Å². The average Bonchev–Trinajstić information content (AvgIpc) is 3.45. The summed E-state index contributed by atoms with van der Waals surface area (Å²) in [7, 11) is 0. The van der Waals surface area contributed by atoms with Crippen molar-refractivity contribution in [3.63, 3.8) is 0 Å². The largest absolute Gasteiger partial charge is 0.322 e. The molecule has 0 aliphatic heterocycles. The van der Waals surface area contributed by atoms with Crippen LogP contribution in [0.3, 0.4) is 0 Å². The van der Waals surface area contributed by atoms with E-state index in [2.05, 4.69) is 47.0 Å². The van der Waals surface area contributed by atoms with Gasteiger partial charge in [0.1, 0.15) is 0 Å². The molecule has 5 nitrogen and oxygen atoms in total. The van der Waals surface area contributed by atoms with Gasteiger partial charge in [0.25, 0.3) is 5.91 Å². The molecule has 0 spiro atoms. The topological polar surface area (TPSA) is 70.6 Å². The molecule has 2 N–H and O–H groups in total. The molecule has 4 rings (SSSR count). The van der Waals surface area contributed by atoms with Crippen LogP contribution >= 0.6 is 11.3 Å². The second-order valence-electron chi connectivity index (χ2n) is 8.01. The monoisotopic (exact) mass is 431 g/mol. The van der Waals surface area contributed by atoms with Gasteiger partial charge in [0, 0.05) is 21.9 Å². The van der Waals surface area contributed by atoms with E-state index in [1.165, 1.54) is 11.1 Å². The van der Waals surface area contributed by atoms with Crippen molar-refractivity contribution >= 4 is 34.6 Å². The highest BCUT2D eigenvalue weighted by atomic mass is 32.1. The summed E-state index contributed by atoms with van der Waals surface area (Å²) in [4.78, 5) is 25.8. The first-order chi connectivity index (χ1) is 14.9. The molecular weight excluding hydrogens is 406 g/mol. The fourth-order valence-electron chi connectivity index (χ4n) is 3.51. The third-order valence-corrected chi connectivity index (χ3v) is 6.38. The highest BCUT2D eigenvalue weighted by Gasteiger charge is 2.43. The summed E-state index contributed by atoms with van der Waals surface area (Å²) < 4.78 is 0. The Balaban J connectivity index is 1.31. The molecule has 1 saturated carbocycles. The van der Waals surface area contributed by atoms with Gasteiger partial charge in [-0.1, -0.05) is 42.0 Å². The average molecular weight is 432 g/mol. The number of thiophene rings is 1. The minimum absolute atomic E-state index is 0.0161. The summed E-state index contributed by atoms with van der Waals surface area (Å²) in [6.45, 7) is 5.89. The third-order valence-electron chi connectivity index (χ3n) is 5.52. The summed E-state index contributed by atoms with van der Waals surface area (Å²) in [5, 5.41) is 9.01. The molecule has 2 aromatic carbocycles. The summed E-state index contributed by atoms with van der Waals surface area (Å²) in [6.07, 6.45) is 0.863. The number of nitrogens with zero attached hydrogens (tertiary/aromatic N) is 1. The maximum atomic E-state index is 12.4. The molecule has 3 aromatic rings. The van der Waals surface area contributed by atoms with E-state index in [4.69, 9.17) is 0 Å². The molecular formula is C25H25N3O2S. The van der Waals surface area contributed by atoms with E-state index in [0.717, 1.165) is 16.9 Å². The van der Waals surface area contributed by atoms with E-state index >= 15 is 0 Å². The van der Waals surface area contributed by atoms with Crippen LogP contribution in [0, 0.1) is 19.8 Å².